The van der Waals surface area contributed by atoms with Gasteiger partial charge in [-0.1, -0.05) is 30.3 Å². The summed E-state index contributed by atoms with van der Waals surface area (Å²) < 4.78 is 5.55. The van der Waals surface area contributed by atoms with Crippen molar-refractivity contribution >= 4 is 12.2 Å². The Balaban J connectivity index is 2.41. The largest absolute Gasteiger partial charge is 0.494 e. The Morgan fingerprint density at radius 3 is 2.54 bits per heavy atom. The Morgan fingerprint density at radius 1 is 1.25 bits per heavy atom. The molecule has 0 aliphatic carbocycles. The summed E-state index contributed by atoms with van der Waals surface area (Å²) in [5.74, 6) is 1.03. The molecule has 5 nitrogen and oxygen atoms in total. The molecule has 0 fully saturated rings. The highest BCUT2D eigenvalue weighted by atomic mass is 16.5. The molecule has 0 aliphatic heterocycles. The molecule has 1 atom stereocenters. The number of aliphatic imine (C=N–C) groups is 1. The molecule has 0 bridgehead atoms. The summed E-state index contributed by atoms with van der Waals surface area (Å²) in [4.78, 5) is 15.5. The zero-order valence-electron chi connectivity index (χ0n) is 14.2. The summed E-state index contributed by atoms with van der Waals surface area (Å²) in [7, 11) is 1.57. The minimum atomic E-state index is -0.947. The van der Waals surface area contributed by atoms with E-state index in [-0.39, 0.29) is 5.96 Å². The first-order valence-corrected chi connectivity index (χ1v) is 7.83. The van der Waals surface area contributed by atoms with E-state index in [1.54, 1.807) is 14.0 Å². The second-order valence-corrected chi connectivity index (χ2v) is 5.60. The lowest BCUT2D eigenvalue weighted by molar-refractivity contribution is -0.112. The number of hydrogen-bond donors (Lipinski definition) is 2. The fourth-order valence-electron chi connectivity index (χ4n) is 2.45. The van der Waals surface area contributed by atoms with Crippen molar-refractivity contribution < 1.29 is 9.53 Å². The van der Waals surface area contributed by atoms with Gasteiger partial charge in [-0.05, 0) is 48.7 Å². The molecule has 0 saturated heterocycles. The first kappa shape index (κ1) is 17.5. The molecule has 24 heavy (non-hydrogen) atoms. The van der Waals surface area contributed by atoms with Crippen molar-refractivity contribution in [2.24, 2.45) is 10.7 Å². The van der Waals surface area contributed by atoms with Crippen LogP contribution < -0.4 is 15.8 Å². The minimum Gasteiger partial charge on any atom is -0.494 e. The van der Waals surface area contributed by atoms with Crippen molar-refractivity contribution in [3.05, 3.63) is 54.1 Å². The Hall–Kier alpha value is -2.82. The average Bonchev–Trinajstić information content (AvgIpc) is 2.62. The van der Waals surface area contributed by atoms with Crippen LogP contribution in [0.25, 0.3) is 11.1 Å². The van der Waals surface area contributed by atoms with Gasteiger partial charge in [-0.2, -0.15) is 0 Å². The van der Waals surface area contributed by atoms with Crippen LogP contribution in [-0.2, 0) is 10.3 Å². The minimum absolute atomic E-state index is 0.216. The van der Waals surface area contributed by atoms with E-state index in [4.69, 9.17) is 10.5 Å². The van der Waals surface area contributed by atoms with Gasteiger partial charge in [0.25, 0.3) is 0 Å². The van der Waals surface area contributed by atoms with Crippen LogP contribution in [-0.4, -0.2) is 25.9 Å². The van der Waals surface area contributed by atoms with Crippen molar-refractivity contribution in [3.8, 4) is 16.9 Å². The molecule has 0 amide bonds. The van der Waals surface area contributed by atoms with Gasteiger partial charge in [0.2, 0.25) is 0 Å². The lowest BCUT2D eigenvalue weighted by atomic mass is 9.91. The number of hydrogen-bond acceptors (Lipinski definition) is 3. The molecule has 2 aromatic carbocycles. The Labute approximate surface area is 142 Å². The van der Waals surface area contributed by atoms with Crippen molar-refractivity contribution in [1.29, 1.82) is 0 Å². The normalized spacial score (nSPS) is 13.9. The molecule has 0 radical (unpaired) electrons. The fourth-order valence-corrected chi connectivity index (χ4v) is 2.45. The van der Waals surface area contributed by atoms with Crippen LogP contribution in [0.15, 0.2) is 53.5 Å². The number of nitrogens with zero attached hydrogens (tertiary/aromatic N) is 1. The smallest absolute Gasteiger partial charge is 0.189 e. The lowest BCUT2D eigenvalue weighted by Crippen LogP contribution is -2.48. The number of aldehydes is 1. The second-order valence-electron chi connectivity index (χ2n) is 5.60. The van der Waals surface area contributed by atoms with Gasteiger partial charge in [-0.15, -0.1) is 0 Å². The summed E-state index contributed by atoms with van der Waals surface area (Å²) in [6.07, 6.45) is 0.834. The quantitative estimate of drug-likeness (QED) is 0.486. The van der Waals surface area contributed by atoms with E-state index in [0.29, 0.717) is 6.61 Å². The standard InChI is InChI=1S/C19H23N3O2/c1-4-24-17-10-6-8-15(12-17)14-7-5-9-16(11-14)19(2,13-23)22-18(20)21-3/h5-13H,4H2,1-3H3,(H3,20,21,22). The molecule has 5 heteroatoms. The molecular weight excluding hydrogens is 302 g/mol. The molecule has 3 N–H and O–H groups in total. The summed E-state index contributed by atoms with van der Waals surface area (Å²) >= 11 is 0. The number of guanidine groups is 1. The Kier molecular flexibility index (Phi) is 5.58. The maximum absolute atomic E-state index is 11.7. The third kappa shape index (κ3) is 3.93. The van der Waals surface area contributed by atoms with Crippen molar-refractivity contribution in [3.63, 3.8) is 0 Å². The zero-order valence-corrected chi connectivity index (χ0v) is 14.2. The van der Waals surface area contributed by atoms with Crippen LogP contribution in [0.5, 0.6) is 5.75 Å². The van der Waals surface area contributed by atoms with Gasteiger partial charge in [0.05, 0.1) is 6.61 Å². The van der Waals surface area contributed by atoms with Crippen molar-refractivity contribution in [1.82, 2.24) is 5.32 Å². The molecule has 0 heterocycles. The van der Waals surface area contributed by atoms with Crippen molar-refractivity contribution in [2.45, 2.75) is 19.4 Å². The van der Waals surface area contributed by atoms with E-state index in [1.165, 1.54) is 0 Å². The first-order valence-electron chi connectivity index (χ1n) is 7.83. The van der Waals surface area contributed by atoms with Gasteiger partial charge < -0.3 is 20.6 Å². The monoisotopic (exact) mass is 325 g/mol. The van der Waals surface area contributed by atoms with E-state index in [9.17, 15) is 4.79 Å². The van der Waals surface area contributed by atoms with Gasteiger partial charge in [-0.3, -0.25) is 4.99 Å². The summed E-state index contributed by atoms with van der Waals surface area (Å²) in [5, 5.41) is 2.95. The van der Waals surface area contributed by atoms with Crippen LogP contribution in [0.2, 0.25) is 0 Å². The third-order valence-electron chi connectivity index (χ3n) is 3.80. The third-order valence-corrected chi connectivity index (χ3v) is 3.80. The molecule has 0 aliphatic rings. The molecule has 2 aromatic rings. The van der Waals surface area contributed by atoms with Gasteiger partial charge in [0, 0.05) is 7.05 Å². The number of ether oxygens (including phenoxy) is 1. The molecule has 126 valence electrons. The maximum atomic E-state index is 11.7. The average molecular weight is 325 g/mol. The highest BCUT2D eigenvalue weighted by Crippen LogP contribution is 2.28. The highest BCUT2D eigenvalue weighted by Gasteiger charge is 2.26. The number of nitrogens with one attached hydrogen (secondary N) is 1. The van der Waals surface area contributed by atoms with Gasteiger partial charge in [-0.25, -0.2) is 0 Å². The fraction of sp³-hybridized carbons (Fsp3) is 0.263. The van der Waals surface area contributed by atoms with Crippen molar-refractivity contribution in [2.75, 3.05) is 13.7 Å². The number of carbonyl (C=O) groups excluding carboxylic acids is 1. The highest BCUT2D eigenvalue weighted by molar-refractivity contribution is 5.84. The van der Waals surface area contributed by atoms with Crippen LogP contribution >= 0.6 is 0 Å². The Bertz CT molecular complexity index is 743. The SMILES string of the molecule is CCOc1cccc(-c2cccc(C(C)(C=O)NC(N)=NC)c2)c1. The van der Waals surface area contributed by atoms with E-state index in [2.05, 4.69) is 10.3 Å². The molecule has 1 unspecified atom stereocenters. The lowest BCUT2D eigenvalue weighted by Gasteiger charge is -2.26. The number of nitrogens with two attached hydrogens (primary N) is 1. The first-order chi connectivity index (χ1) is 11.5. The van der Waals surface area contributed by atoms with Crippen LogP contribution in [0, 0.1) is 0 Å². The van der Waals surface area contributed by atoms with Crippen LogP contribution in [0.1, 0.15) is 19.4 Å². The van der Waals surface area contributed by atoms with E-state index >= 15 is 0 Å². The Morgan fingerprint density at radius 2 is 1.92 bits per heavy atom. The predicted octanol–water partition coefficient (Wildman–Crippen LogP) is 2.70. The predicted molar refractivity (Wildman–Crippen MR) is 97.1 cm³/mol. The van der Waals surface area contributed by atoms with E-state index in [1.807, 2.05) is 55.5 Å². The van der Waals surface area contributed by atoms with Gasteiger partial charge in [0.15, 0.2) is 5.96 Å². The topological polar surface area (TPSA) is 76.7 Å². The molecule has 0 aromatic heterocycles. The molecule has 0 saturated carbocycles. The molecule has 2 rings (SSSR count). The van der Waals surface area contributed by atoms with E-state index < -0.39 is 5.54 Å². The van der Waals surface area contributed by atoms with Gasteiger partial charge in [0.1, 0.15) is 17.6 Å². The van der Waals surface area contributed by atoms with Crippen LogP contribution in [0.3, 0.4) is 0 Å². The number of carbonyl (C=O) groups is 1. The zero-order chi connectivity index (χ0) is 17.6. The van der Waals surface area contributed by atoms with Gasteiger partial charge >= 0.3 is 0 Å². The molecule has 0 spiro atoms. The second kappa shape index (κ2) is 7.64. The van der Waals surface area contributed by atoms with Crippen LogP contribution in [0.4, 0.5) is 0 Å². The maximum Gasteiger partial charge on any atom is 0.189 e. The summed E-state index contributed by atoms with van der Waals surface area (Å²) in [6.45, 7) is 4.34. The number of rotatable bonds is 6. The summed E-state index contributed by atoms with van der Waals surface area (Å²) in [5.41, 5.74) is 7.62. The van der Waals surface area contributed by atoms with E-state index in [0.717, 1.165) is 28.7 Å². The molecular formula is C19H23N3O2. The number of benzene rings is 2. The summed E-state index contributed by atoms with van der Waals surface area (Å²) in [6, 6.07) is 15.6.